The smallest absolute Gasteiger partial charge is 0.245 e. The highest BCUT2D eigenvalue weighted by Gasteiger charge is 2.34. The fourth-order valence-electron chi connectivity index (χ4n) is 1.86. The van der Waals surface area contributed by atoms with Crippen LogP contribution in [0.4, 0.5) is 0 Å². The highest BCUT2D eigenvalue weighted by atomic mass is 35.5. The van der Waals surface area contributed by atoms with Crippen LogP contribution in [0.3, 0.4) is 0 Å². The zero-order valence-electron chi connectivity index (χ0n) is 9.51. The van der Waals surface area contributed by atoms with Gasteiger partial charge in [0.1, 0.15) is 10.9 Å². The van der Waals surface area contributed by atoms with E-state index < -0.39 is 16.1 Å². The number of sulfonamides is 1. The SMILES string of the molecule is N#CC1CNCCN1S(=O)(=O)c1ccccc1Cl. The summed E-state index contributed by atoms with van der Waals surface area (Å²) in [5, 5.41) is 12.2. The van der Waals surface area contributed by atoms with Gasteiger partial charge in [-0.1, -0.05) is 23.7 Å². The van der Waals surface area contributed by atoms with Crippen LogP contribution in [0.5, 0.6) is 0 Å². The fourth-order valence-corrected chi connectivity index (χ4v) is 3.90. The van der Waals surface area contributed by atoms with E-state index in [-0.39, 0.29) is 16.5 Å². The van der Waals surface area contributed by atoms with Gasteiger partial charge in [0.2, 0.25) is 10.0 Å². The first kappa shape index (κ1) is 13.3. The van der Waals surface area contributed by atoms with Gasteiger partial charge in [-0.3, -0.25) is 0 Å². The van der Waals surface area contributed by atoms with Gasteiger partial charge < -0.3 is 5.32 Å². The Labute approximate surface area is 111 Å². The Bertz CT molecular complexity index is 582. The standard InChI is InChI=1S/C11H12ClN3O2S/c12-10-3-1-2-4-11(10)18(16,17)15-6-5-14-8-9(15)7-13/h1-4,9,14H,5-6,8H2. The minimum atomic E-state index is -3.72. The molecule has 0 aromatic heterocycles. The summed E-state index contributed by atoms with van der Waals surface area (Å²) in [7, 11) is -3.72. The maximum Gasteiger partial charge on any atom is 0.245 e. The van der Waals surface area contributed by atoms with Gasteiger partial charge in [0.05, 0.1) is 11.1 Å². The van der Waals surface area contributed by atoms with Crippen molar-refractivity contribution in [1.29, 1.82) is 5.26 Å². The lowest BCUT2D eigenvalue weighted by Gasteiger charge is -2.31. The molecule has 1 fully saturated rings. The van der Waals surface area contributed by atoms with Crippen LogP contribution in [-0.4, -0.2) is 38.4 Å². The number of nitrogens with zero attached hydrogens (tertiary/aromatic N) is 2. The molecule has 1 aliphatic heterocycles. The normalized spacial score (nSPS) is 21.4. The lowest BCUT2D eigenvalue weighted by molar-refractivity contribution is 0.312. The molecule has 1 heterocycles. The molecule has 2 rings (SSSR count). The highest BCUT2D eigenvalue weighted by Crippen LogP contribution is 2.25. The maximum absolute atomic E-state index is 12.4. The monoisotopic (exact) mass is 285 g/mol. The molecule has 0 aliphatic carbocycles. The summed E-state index contributed by atoms with van der Waals surface area (Å²) in [6.45, 7) is 1.13. The zero-order valence-corrected chi connectivity index (χ0v) is 11.1. The molecule has 1 aromatic carbocycles. The quantitative estimate of drug-likeness (QED) is 0.873. The Morgan fingerprint density at radius 1 is 1.44 bits per heavy atom. The van der Waals surface area contributed by atoms with E-state index in [1.54, 1.807) is 12.1 Å². The number of hydrogen-bond acceptors (Lipinski definition) is 4. The van der Waals surface area contributed by atoms with Crippen molar-refractivity contribution >= 4 is 21.6 Å². The van der Waals surface area contributed by atoms with Crippen molar-refractivity contribution in [3.8, 4) is 6.07 Å². The molecule has 18 heavy (non-hydrogen) atoms. The molecule has 0 bridgehead atoms. The van der Waals surface area contributed by atoms with E-state index in [4.69, 9.17) is 16.9 Å². The minimum Gasteiger partial charge on any atom is -0.313 e. The molecule has 1 aliphatic rings. The van der Waals surface area contributed by atoms with E-state index in [9.17, 15) is 8.42 Å². The van der Waals surface area contributed by atoms with Crippen LogP contribution in [0.15, 0.2) is 29.2 Å². The Morgan fingerprint density at radius 2 is 2.17 bits per heavy atom. The van der Waals surface area contributed by atoms with Crippen LogP contribution < -0.4 is 5.32 Å². The Balaban J connectivity index is 2.43. The Kier molecular flexibility index (Phi) is 3.88. The average molecular weight is 286 g/mol. The predicted octanol–water partition coefficient (Wildman–Crippen LogP) is 0.826. The van der Waals surface area contributed by atoms with Gasteiger partial charge in [-0.05, 0) is 12.1 Å². The number of piperazine rings is 1. The maximum atomic E-state index is 12.4. The summed E-state index contributed by atoms with van der Waals surface area (Å²) in [6.07, 6.45) is 0. The summed E-state index contributed by atoms with van der Waals surface area (Å²) < 4.78 is 26.1. The van der Waals surface area contributed by atoms with Crippen LogP contribution in [0.1, 0.15) is 0 Å². The molecular formula is C11H12ClN3O2S. The molecule has 0 spiro atoms. The van der Waals surface area contributed by atoms with E-state index in [2.05, 4.69) is 5.32 Å². The number of benzene rings is 1. The third-order valence-corrected chi connectivity index (χ3v) is 5.17. The third kappa shape index (κ3) is 2.35. The molecular weight excluding hydrogens is 274 g/mol. The summed E-state index contributed by atoms with van der Waals surface area (Å²) in [6, 6.07) is 7.56. The lowest BCUT2D eigenvalue weighted by atomic mass is 10.3. The van der Waals surface area contributed by atoms with Gasteiger partial charge in [0.25, 0.3) is 0 Å². The number of rotatable bonds is 2. The van der Waals surface area contributed by atoms with Crippen LogP contribution in [0.25, 0.3) is 0 Å². The topological polar surface area (TPSA) is 73.2 Å². The highest BCUT2D eigenvalue weighted by molar-refractivity contribution is 7.89. The van der Waals surface area contributed by atoms with E-state index in [1.807, 2.05) is 6.07 Å². The molecule has 7 heteroatoms. The zero-order chi connectivity index (χ0) is 13.2. The number of nitrogens with one attached hydrogen (secondary N) is 1. The molecule has 1 atom stereocenters. The molecule has 1 unspecified atom stereocenters. The lowest BCUT2D eigenvalue weighted by Crippen LogP contribution is -2.52. The van der Waals surface area contributed by atoms with Crippen LogP contribution in [0, 0.1) is 11.3 Å². The van der Waals surface area contributed by atoms with Gasteiger partial charge in [0.15, 0.2) is 0 Å². The van der Waals surface area contributed by atoms with Crippen molar-refractivity contribution in [2.75, 3.05) is 19.6 Å². The van der Waals surface area contributed by atoms with Gasteiger partial charge in [-0.25, -0.2) is 8.42 Å². The Hall–Kier alpha value is -1.13. The number of halogens is 1. The van der Waals surface area contributed by atoms with Crippen LogP contribution in [0.2, 0.25) is 5.02 Å². The fraction of sp³-hybridized carbons (Fsp3) is 0.364. The average Bonchev–Trinajstić information content (AvgIpc) is 2.39. The summed E-state index contributed by atoms with van der Waals surface area (Å²) in [5.74, 6) is 0. The van der Waals surface area contributed by atoms with Gasteiger partial charge >= 0.3 is 0 Å². The van der Waals surface area contributed by atoms with Gasteiger partial charge in [0, 0.05) is 19.6 Å². The molecule has 0 saturated carbocycles. The molecule has 0 amide bonds. The first-order valence-corrected chi connectivity index (χ1v) is 7.26. The molecule has 1 aromatic rings. The molecule has 1 N–H and O–H groups in total. The second-order valence-electron chi connectivity index (χ2n) is 3.90. The molecule has 1 saturated heterocycles. The van der Waals surface area contributed by atoms with Gasteiger partial charge in [-0.2, -0.15) is 9.57 Å². The Morgan fingerprint density at radius 3 is 2.83 bits per heavy atom. The van der Waals surface area contributed by atoms with E-state index in [0.29, 0.717) is 13.1 Å². The number of hydrogen-bond donors (Lipinski definition) is 1. The van der Waals surface area contributed by atoms with Crippen molar-refractivity contribution in [2.45, 2.75) is 10.9 Å². The largest absolute Gasteiger partial charge is 0.313 e. The van der Waals surface area contributed by atoms with E-state index in [0.717, 1.165) is 0 Å². The van der Waals surface area contributed by atoms with Crippen LogP contribution >= 0.6 is 11.6 Å². The predicted molar refractivity (Wildman–Crippen MR) is 67.6 cm³/mol. The second-order valence-corrected chi connectivity index (χ2v) is 6.16. The number of nitriles is 1. The van der Waals surface area contributed by atoms with Crippen molar-refractivity contribution in [2.24, 2.45) is 0 Å². The van der Waals surface area contributed by atoms with Crippen molar-refractivity contribution in [3.63, 3.8) is 0 Å². The van der Waals surface area contributed by atoms with Crippen molar-refractivity contribution < 1.29 is 8.42 Å². The summed E-state index contributed by atoms with van der Waals surface area (Å²) >= 11 is 5.91. The van der Waals surface area contributed by atoms with Crippen molar-refractivity contribution in [3.05, 3.63) is 29.3 Å². The second kappa shape index (κ2) is 5.24. The van der Waals surface area contributed by atoms with Gasteiger partial charge in [-0.15, -0.1) is 0 Å². The minimum absolute atomic E-state index is 0.0498. The third-order valence-electron chi connectivity index (χ3n) is 2.77. The first-order chi connectivity index (χ1) is 8.57. The molecule has 5 nitrogen and oxygen atoms in total. The summed E-state index contributed by atoms with van der Waals surface area (Å²) in [5.41, 5.74) is 0. The first-order valence-electron chi connectivity index (χ1n) is 5.44. The van der Waals surface area contributed by atoms with E-state index >= 15 is 0 Å². The molecule has 0 radical (unpaired) electrons. The van der Waals surface area contributed by atoms with Crippen molar-refractivity contribution in [1.82, 2.24) is 9.62 Å². The molecule has 96 valence electrons. The van der Waals surface area contributed by atoms with E-state index in [1.165, 1.54) is 16.4 Å². The summed E-state index contributed by atoms with van der Waals surface area (Å²) in [4.78, 5) is 0.0498. The van der Waals surface area contributed by atoms with Crippen LogP contribution in [-0.2, 0) is 10.0 Å².